The number of aromatic nitrogens is 2. The highest BCUT2D eigenvalue weighted by atomic mass is 35.5. The number of hydrogen-bond donors (Lipinski definition) is 0. The van der Waals surface area contributed by atoms with Crippen LogP contribution in [0.15, 0.2) is 30.3 Å². The van der Waals surface area contributed by atoms with E-state index in [9.17, 15) is 0 Å². The van der Waals surface area contributed by atoms with E-state index in [2.05, 4.69) is 44.2 Å². The van der Waals surface area contributed by atoms with E-state index in [0.717, 1.165) is 22.1 Å². The van der Waals surface area contributed by atoms with Crippen molar-refractivity contribution in [1.29, 1.82) is 0 Å². The molecule has 8 heteroatoms. The zero-order valence-electron chi connectivity index (χ0n) is 12.8. The highest BCUT2D eigenvalue weighted by Crippen LogP contribution is 2.42. The molecule has 1 aromatic carbocycles. The summed E-state index contributed by atoms with van der Waals surface area (Å²) in [6.45, 7) is 4.22. The minimum absolute atomic E-state index is 0.989. The first-order valence-electron chi connectivity index (χ1n) is 7.51. The molecule has 4 aromatic rings. The van der Waals surface area contributed by atoms with Crippen molar-refractivity contribution in [1.82, 2.24) is 4.37 Å². The van der Waals surface area contributed by atoms with Crippen molar-refractivity contribution in [3.05, 3.63) is 40.1 Å². The lowest BCUT2D eigenvalue weighted by molar-refractivity contribution is -0.424. The maximum Gasteiger partial charge on any atom is 0.397 e. The molecule has 0 spiro atoms. The van der Waals surface area contributed by atoms with Gasteiger partial charge in [0.15, 0.2) is 5.52 Å². The quantitative estimate of drug-likeness (QED) is 0.398. The summed E-state index contributed by atoms with van der Waals surface area (Å²) < 4.78 is 6.71. The number of aryl methyl sites for hydroxylation is 2. The van der Waals surface area contributed by atoms with E-state index in [0.29, 0.717) is 0 Å². The third-order valence-electron chi connectivity index (χ3n) is 4.39. The van der Waals surface area contributed by atoms with Gasteiger partial charge in [0, 0.05) is 30.1 Å². The molecule has 0 aliphatic carbocycles. The largest absolute Gasteiger partial charge is 0.397 e. The second-order valence-corrected chi connectivity index (χ2v) is 10.8. The molecule has 0 saturated heterocycles. The molecule has 0 radical (unpaired) electrons. The summed E-state index contributed by atoms with van der Waals surface area (Å²) in [7, 11) is 0. The Kier molecular flexibility index (Phi) is 3.23. The summed E-state index contributed by atoms with van der Waals surface area (Å²) in [6.07, 6.45) is 0. The fraction of sp³-hybridized carbons (Fsp3) is 0.125. The lowest BCUT2D eigenvalue weighted by Crippen LogP contribution is -2.64. The van der Waals surface area contributed by atoms with Gasteiger partial charge in [-0.1, -0.05) is 6.07 Å². The standard InChI is InChI=1S/C16H11BCl2N2S3/c1-8-3-6-13(22-8)10-4-5-11-15-14(10)20-24-21(15)17(18,19)12-7-9(2)23-16(11)12/h3-7H,1-2H3. The van der Waals surface area contributed by atoms with Gasteiger partial charge in [0.1, 0.15) is 0 Å². The van der Waals surface area contributed by atoms with E-state index in [1.54, 1.807) is 22.7 Å². The summed E-state index contributed by atoms with van der Waals surface area (Å²) in [5, 5.41) is -1.85. The van der Waals surface area contributed by atoms with Crippen LogP contribution in [0, 0.1) is 13.8 Å². The summed E-state index contributed by atoms with van der Waals surface area (Å²) >= 11 is 18.6. The van der Waals surface area contributed by atoms with Crippen molar-refractivity contribution >= 4 is 78.9 Å². The van der Waals surface area contributed by atoms with Gasteiger partial charge in [0.25, 0.3) is 0 Å². The van der Waals surface area contributed by atoms with Crippen LogP contribution in [0.25, 0.3) is 31.9 Å². The third-order valence-corrected chi connectivity index (χ3v) is 8.56. The Balaban J connectivity index is 1.89. The second-order valence-electron chi connectivity index (χ2n) is 6.03. The number of fused-ring (bicyclic) bond motifs is 2. The van der Waals surface area contributed by atoms with Crippen molar-refractivity contribution in [2.24, 2.45) is 0 Å². The molecule has 3 aromatic heterocycles. The van der Waals surface area contributed by atoms with Crippen LogP contribution >= 0.6 is 57.3 Å². The molecule has 2 nitrogen and oxygen atoms in total. The van der Waals surface area contributed by atoms with Crippen LogP contribution in [0.4, 0.5) is 0 Å². The molecular weight excluding hydrogens is 398 g/mol. The first kappa shape index (κ1) is 15.3. The van der Waals surface area contributed by atoms with E-state index in [-0.39, 0.29) is 0 Å². The van der Waals surface area contributed by atoms with E-state index >= 15 is 0 Å². The molecule has 1 aliphatic rings. The van der Waals surface area contributed by atoms with Crippen LogP contribution in [0.3, 0.4) is 0 Å². The molecule has 0 unspecified atom stereocenters. The predicted octanol–water partition coefficient (Wildman–Crippen LogP) is 5.14. The Labute approximate surface area is 161 Å². The first-order chi connectivity index (χ1) is 11.5. The van der Waals surface area contributed by atoms with Crippen LogP contribution in [-0.2, 0) is 0 Å². The van der Waals surface area contributed by atoms with Gasteiger partial charge < -0.3 is 26.8 Å². The summed E-state index contributed by atoms with van der Waals surface area (Å²) in [5.41, 5.74) is 5.40. The molecule has 24 heavy (non-hydrogen) atoms. The average Bonchev–Trinajstić information content (AvgIpc) is 3.23. The molecule has 0 N–H and O–H groups in total. The second kappa shape index (κ2) is 5.05. The fourth-order valence-corrected chi connectivity index (χ4v) is 7.09. The van der Waals surface area contributed by atoms with E-state index in [1.807, 2.05) is 3.87 Å². The van der Waals surface area contributed by atoms with Crippen molar-refractivity contribution in [2.75, 3.05) is 0 Å². The SMILES string of the molecule is Cc1ccc(-c2ccc3c4c2ns[n+]4[B-](Cl)(Cl)c2cc(C)sc2-3)s1. The molecular formula is C16H11BCl2N2S3. The fourth-order valence-electron chi connectivity index (χ4n) is 3.33. The van der Waals surface area contributed by atoms with Crippen LogP contribution < -0.4 is 9.33 Å². The van der Waals surface area contributed by atoms with Crippen molar-refractivity contribution in [2.45, 2.75) is 13.8 Å². The Hall–Kier alpha value is -0.915. The molecule has 0 saturated carbocycles. The van der Waals surface area contributed by atoms with Crippen LogP contribution in [0.1, 0.15) is 9.75 Å². The number of rotatable bonds is 1. The summed E-state index contributed by atoms with van der Waals surface area (Å²) in [6, 6.07) is 10.8. The van der Waals surface area contributed by atoms with Crippen molar-refractivity contribution < 1.29 is 3.87 Å². The van der Waals surface area contributed by atoms with Crippen LogP contribution in [-0.4, -0.2) is 9.49 Å². The predicted molar refractivity (Wildman–Crippen MR) is 108 cm³/mol. The minimum atomic E-state index is -1.85. The molecule has 0 bridgehead atoms. The van der Waals surface area contributed by atoms with E-state index in [1.165, 1.54) is 36.8 Å². The lowest BCUT2D eigenvalue weighted by atomic mass is 9.75. The van der Waals surface area contributed by atoms with Gasteiger partial charge in [0.05, 0.1) is 0 Å². The molecule has 4 heterocycles. The van der Waals surface area contributed by atoms with Gasteiger partial charge in [-0.05, 0) is 43.0 Å². The third kappa shape index (κ3) is 1.95. The number of thiophene rings is 2. The molecule has 0 fully saturated rings. The molecule has 0 atom stereocenters. The minimum Gasteiger partial charge on any atom is -0.331 e. The number of hydrogen-bond acceptors (Lipinski definition) is 4. The monoisotopic (exact) mass is 408 g/mol. The number of halogens is 2. The topological polar surface area (TPSA) is 16.8 Å². The molecule has 120 valence electrons. The molecule has 0 amide bonds. The molecule has 5 rings (SSSR count). The summed E-state index contributed by atoms with van der Waals surface area (Å²) in [4.78, 5) is 4.92. The van der Waals surface area contributed by atoms with Gasteiger partial charge >= 0.3 is 5.11 Å². The van der Waals surface area contributed by atoms with Gasteiger partial charge in [-0.25, -0.2) is 0 Å². The van der Waals surface area contributed by atoms with Crippen LogP contribution in [0.5, 0.6) is 0 Å². The zero-order valence-corrected chi connectivity index (χ0v) is 16.8. The highest BCUT2D eigenvalue weighted by Gasteiger charge is 2.42. The van der Waals surface area contributed by atoms with Gasteiger partial charge in [0.2, 0.25) is 17.2 Å². The lowest BCUT2D eigenvalue weighted by Gasteiger charge is -2.28. The van der Waals surface area contributed by atoms with Gasteiger partial charge in [-0.3, -0.25) is 0 Å². The zero-order chi connectivity index (χ0) is 16.6. The Morgan fingerprint density at radius 1 is 1.00 bits per heavy atom. The Morgan fingerprint density at radius 2 is 1.79 bits per heavy atom. The van der Waals surface area contributed by atoms with Crippen molar-refractivity contribution in [3.63, 3.8) is 0 Å². The molecule has 1 aliphatic heterocycles. The van der Waals surface area contributed by atoms with Gasteiger partial charge in [-0.15, -0.1) is 28.1 Å². The van der Waals surface area contributed by atoms with Crippen LogP contribution in [0.2, 0.25) is 0 Å². The van der Waals surface area contributed by atoms with E-state index in [4.69, 9.17) is 27.3 Å². The number of benzene rings is 1. The average molecular weight is 409 g/mol. The first-order valence-corrected chi connectivity index (χ1v) is 10.7. The maximum atomic E-state index is 6.83. The Bertz CT molecular complexity index is 1130. The van der Waals surface area contributed by atoms with Crippen molar-refractivity contribution in [3.8, 4) is 20.9 Å². The van der Waals surface area contributed by atoms with E-state index < -0.39 is 5.11 Å². The highest BCUT2D eigenvalue weighted by molar-refractivity contribution is 7.49. The number of nitrogens with zero attached hydrogens (tertiary/aromatic N) is 2. The maximum absolute atomic E-state index is 6.83. The normalized spacial score (nSPS) is 15.0. The Morgan fingerprint density at radius 3 is 2.54 bits per heavy atom. The smallest absolute Gasteiger partial charge is 0.331 e. The van der Waals surface area contributed by atoms with Gasteiger partial charge in [-0.2, -0.15) is 0 Å². The summed E-state index contributed by atoms with van der Waals surface area (Å²) in [5.74, 6) is 0.